The number of anilines is 1. The van der Waals surface area contributed by atoms with E-state index in [2.05, 4.69) is 16.8 Å². The van der Waals surface area contributed by atoms with Crippen LogP contribution in [0.4, 0.5) is 5.69 Å². The van der Waals surface area contributed by atoms with Gasteiger partial charge in [0, 0.05) is 11.1 Å². The second kappa shape index (κ2) is 2.37. The van der Waals surface area contributed by atoms with Gasteiger partial charge in [-0.2, -0.15) is 5.10 Å². The first-order chi connectivity index (χ1) is 5.81. The van der Waals surface area contributed by atoms with Gasteiger partial charge in [0.15, 0.2) is 0 Å². The normalized spacial score (nSPS) is 10.3. The summed E-state index contributed by atoms with van der Waals surface area (Å²) in [6.45, 7) is 3.66. The first-order valence-electron chi connectivity index (χ1n) is 3.67. The van der Waals surface area contributed by atoms with Crippen molar-refractivity contribution in [2.75, 3.05) is 5.73 Å². The molecule has 0 amide bonds. The van der Waals surface area contributed by atoms with Gasteiger partial charge in [0.05, 0.1) is 11.2 Å². The minimum atomic E-state index is 0.743. The molecule has 12 heavy (non-hydrogen) atoms. The molecule has 0 saturated heterocycles. The Morgan fingerprint density at radius 3 is 3.08 bits per heavy atom. The van der Waals surface area contributed by atoms with E-state index in [4.69, 9.17) is 5.73 Å². The predicted octanol–water partition coefficient (Wildman–Crippen LogP) is 1.79. The fourth-order valence-corrected chi connectivity index (χ4v) is 1.21. The second-order valence-electron chi connectivity index (χ2n) is 2.62. The number of nitrogens with two attached hydrogens (primary N) is 1. The number of hydrogen-bond acceptors (Lipinski definition) is 2. The molecular weight excluding hydrogens is 150 g/mol. The first kappa shape index (κ1) is 6.91. The standard InChI is InChI=1S/C9H9N3/c1-2-8-7-5-6(10)3-4-9(7)12-11-8/h2-5H,1,10H2,(H,11,12). The van der Waals surface area contributed by atoms with Crippen molar-refractivity contribution < 1.29 is 0 Å². The van der Waals surface area contributed by atoms with Crippen LogP contribution in [-0.2, 0) is 0 Å². The summed E-state index contributed by atoms with van der Waals surface area (Å²) in [6.07, 6.45) is 1.71. The Bertz CT molecular complexity index is 428. The highest BCUT2D eigenvalue weighted by Crippen LogP contribution is 2.19. The van der Waals surface area contributed by atoms with Gasteiger partial charge in [-0.1, -0.05) is 6.58 Å². The fourth-order valence-electron chi connectivity index (χ4n) is 1.21. The third-order valence-corrected chi connectivity index (χ3v) is 1.81. The van der Waals surface area contributed by atoms with E-state index in [1.54, 1.807) is 6.08 Å². The lowest BCUT2D eigenvalue weighted by Crippen LogP contribution is -1.82. The van der Waals surface area contributed by atoms with E-state index in [1.807, 2.05) is 18.2 Å². The summed E-state index contributed by atoms with van der Waals surface area (Å²) >= 11 is 0. The number of benzene rings is 1. The molecule has 1 aromatic heterocycles. The van der Waals surface area contributed by atoms with E-state index >= 15 is 0 Å². The number of H-pyrrole nitrogens is 1. The number of aromatic amines is 1. The molecule has 60 valence electrons. The molecule has 0 spiro atoms. The lowest BCUT2D eigenvalue weighted by Gasteiger charge is -1.92. The van der Waals surface area contributed by atoms with Crippen LogP contribution in [0.2, 0.25) is 0 Å². The molecule has 2 aromatic rings. The molecule has 1 aromatic carbocycles. The first-order valence-corrected chi connectivity index (χ1v) is 3.67. The Morgan fingerprint density at radius 2 is 2.33 bits per heavy atom. The van der Waals surface area contributed by atoms with Gasteiger partial charge in [0.1, 0.15) is 0 Å². The molecule has 0 saturated carbocycles. The molecule has 0 unspecified atom stereocenters. The van der Waals surface area contributed by atoms with Crippen molar-refractivity contribution >= 4 is 22.7 Å². The largest absolute Gasteiger partial charge is 0.399 e. The van der Waals surface area contributed by atoms with Crippen LogP contribution in [0.15, 0.2) is 24.8 Å². The van der Waals surface area contributed by atoms with Crippen molar-refractivity contribution in [3.63, 3.8) is 0 Å². The average Bonchev–Trinajstić information content (AvgIpc) is 2.46. The number of nitrogens with one attached hydrogen (secondary N) is 1. The molecule has 0 aliphatic rings. The highest BCUT2D eigenvalue weighted by atomic mass is 15.1. The molecule has 3 nitrogen and oxygen atoms in total. The van der Waals surface area contributed by atoms with E-state index in [0.717, 1.165) is 22.3 Å². The van der Waals surface area contributed by atoms with Gasteiger partial charge in [0.2, 0.25) is 0 Å². The quantitative estimate of drug-likeness (QED) is 0.623. The Morgan fingerprint density at radius 1 is 1.50 bits per heavy atom. The summed E-state index contributed by atoms with van der Waals surface area (Å²) in [5.41, 5.74) is 8.20. The van der Waals surface area contributed by atoms with Crippen LogP contribution < -0.4 is 5.73 Å². The third kappa shape index (κ3) is 0.871. The number of nitrogens with zero attached hydrogens (tertiary/aromatic N) is 1. The van der Waals surface area contributed by atoms with E-state index < -0.39 is 0 Å². The Kier molecular flexibility index (Phi) is 1.37. The highest BCUT2D eigenvalue weighted by Gasteiger charge is 2.00. The summed E-state index contributed by atoms with van der Waals surface area (Å²) < 4.78 is 0. The van der Waals surface area contributed by atoms with Crippen LogP contribution in [0, 0.1) is 0 Å². The van der Waals surface area contributed by atoms with E-state index in [-0.39, 0.29) is 0 Å². The number of rotatable bonds is 1. The molecular formula is C9H9N3. The average molecular weight is 159 g/mol. The summed E-state index contributed by atoms with van der Waals surface area (Å²) in [5, 5.41) is 7.96. The zero-order chi connectivity index (χ0) is 8.55. The van der Waals surface area contributed by atoms with Gasteiger partial charge in [-0.25, -0.2) is 0 Å². The molecule has 0 fully saturated rings. The zero-order valence-electron chi connectivity index (χ0n) is 6.54. The highest BCUT2D eigenvalue weighted by molar-refractivity contribution is 5.88. The smallest absolute Gasteiger partial charge is 0.0922 e. The molecule has 3 N–H and O–H groups in total. The van der Waals surface area contributed by atoms with Gasteiger partial charge >= 0.3 is 0 Å². The Labute approximate surface area is 69.9 Å². The van der Waals surface area contributed by atoms with Crippen molar-refractivity contribution in [3.05, 3.63) is 30.5 Å². The molecule has 2 rings (SSSR count). The van der Waals surface area contributed by atoms with Crippen LogP contribution in [0.1, 0.15) is 5.69 Å². The maximum atomic E-state index is 5.63. The zero-order valence-corrected chi connectivity index (χ0v) is 6.54. The van der Waals surface area contributed by atoms with Crippen molar-refractivity contribution in [2.24, 2.45) is 0 Å². The van der Waals surface area contributed by atoms with Crippen molar-refractivity contribution in [1.29, 1.82) is 0 Å². The van der Waals surface area contributed by atoms with Crippen molar-refractivity contribution in [2.45, 2.75) is 0 Å². The summed E-state index contributed by atoms with van der Waals surface area (Å²) in [5.74, 6) is 0. The van der Waals surface area contributed by atoms with E-state index in [9.17, 15) is 0 Å². The fraction of sp³-hybridized carbons (Fsp3) is 0. The third-order valence-electron chi connectivity index (χ3n) is 1.81. The molecule has 0 bridgehead atoms. The van der Waals surface area contributed by atoms with Gasteiger partial charge in [0.25, 0.3) is 0 Å². The molecule has 0 aliphatic carbocycles. The van der Waals surface area contributed by atoms with Gasteiger partial charge in [-0.15, -0.1) is 0 Å². The monoisotopic (exact) mass is 159 g/mol. The predicted molar refractivity (Wildman–Crippen MR) is 50.6 cm³/mol. The van der Waals surface area contributed by atoms with Crippen LogP contribution in [0.25, 0.3) is 17.0 Å². The minimum absolute atomic E-state index is 0.743. The van der Waals surface area contributed by atoms with E-state index in [1.165, 1.54) is 0 Å². The lowest BCUT2D eigenvalue weighted by molar-refractivity contribution is 1.11. The number of aromatic nitrogens is 2. The van der Waals surface area contributed by atoms with Crippen molar-refractivity contribution in [3.8, 4) is 0 Å². The van der Waals surface area contributed by atoms with Gasteiger partial charge < -0.3 is 5.73 Å². The molecule has 0 aliphatic heterocycles. The van der Waals surface area contributed by atoms with Crippen molar-refractivity contribution in [1.82, 2.24) is 10.2 Å². The second-order valence-corrected chi connectivity index (χ2v) is 2.62. The maximum absolute atomic E-state index is 5.63. The number of fused-ring (bicyclic) bond motifs is 1. The maximum Gasteiger partial charge on any atom is 0.0922 e. The minimum Gasteiger partial charge on any atom is -0.399 e. The molecule has 0 radical (unpaired) electrons. The molecule has 0 atom stereocenters. The van der Waals surface area contributed by atoms with Crippen LogP contribution >= 0.6 is 0 Å². The van der Waals surface area contributed by atoms with Crippen LogP contribution in [0.3, 0.4) is 0 Å². The van der Waals surface area contributed by atoms with E-state index in [0.29, 0.717) is 0 Å². The summed E-state index contributed by atoms with van der Waals surface area (Å²) in [6, 6.07) is 5.63. The summed E-state index contributed by atoms with van der Waals surface area (Å²) in [4.78, 5) is 0. The Hall–Kier alpha value is -1.77. The number of hydrogen-bond donors (Lipinski definition) is 2. The SMILES string of the molecule is C=Cc1n[nH]c2ccc(N)cc12. The van der Waals surface area contributed by atoms with Crippen LogP contribution in [0.5, 0.6) is 0 Å². The Balaban J connectivity index is 2.83. The topological polar surface area (TPSA) is 54.7 Å². The molecule has 1 heterocycles. The lowest BCUT2D eigenvalue weighted by atomic mass is 10.2. The summed E-state index contributed by atoms with van der Waals surface area (Å²) in [7, 11) is 0. The van der Waals surface area contributed by atoms with Gasteiger partial charge in [-0.05, 0) is 24.3 Å². The van der Waals surface area contributed by atoms with Crippen LogP contribution in [-0.4, -0.2) is 10.2 Å². The molecule has 3 heteroatoms. The number of nitrogen functional groups attached to an aromatic ring is 1. The van der Waals surface area contributed by atoms with Gasteiger partial charge in [-0.3, -0.25) is 5.10 Å².